The van der Waals surface area contributed by atoms with Crippen molar-refractivity contribution >= 4 is 27.3 Å². The fourth-order valence-corrected chi connectivity index (χ4v) is 5.25. The number of alkyl halides is 5. The molecule has 1 aromatic carbocycles. The summed E-state index contributed by atoms with van der Waals surface area (Å²) in [5.74, 6) is -2.96. The number of hydrogen-bond donors (Lipinski definition) is 0. The molecule has 3 aromatic rings. The van der Waals surface area contributed by atoms with Crippen LogP contribution in [0.3, 0.4) is 0 Å². The van der Waals surface area contributed by atoms with Crippen LogP contribution < -0.4 is 4.90 Å². The van der Waals surface area contributed by atoms with Crippen LogP contribution in [0.25, 0.3) is 5.65 Å². The lowest BCUT2D eigenvalue weighted by Gasteiger charge is -2.35. The molecular weight excluding hydrogens is 495 g/mol. The molecule has 10 heteroatoms. The molecule has 0 radical (unpaired) electrons. The average molecular weight is 515 g/mol. The van der Waals surface area contributed by atoms with E-state index in [1.54, 1.807) is 22.7 Å². The Balaban J connectivity index is 1.33. The molecule has 2 fully saturated rings. The molecule has 32 heavy (non-hydrogen) atoms. The number of hydrogen-bond acceptors (Lipinski definition) is 3. The van der Waals surface area contributed by atoms with Crippen molar-refractivity contribution in [3.05, 3.63) is 58.0 Å². The maximum Gasteiger partial charge on any atom is 0.416 e. The van der Waals surface area contributed by atoms with Gasteiger partial charge in [0.1, 0.15) is 5.82 Å². The highest BCUT2D eigenvalue weighted by Crippen LogP contribution is 2.50. The largest absolute Gasteiger partial charge is 0.416 e. The molecule has 1 atom stereocenters. The Kier molecular flexibility index (Phi) is 5.18. The van der Waals surface area contributed by atoms with Crippen molar-refractivity contribution in [3.63, 3.8) is 0 Å². The van der Waals surface area contributed by atoms with Gasteiger partial charge in [0.25, 0.3) is 5.92 Å². The van der Waals surface area contributed by atoms with Gasteiger partial charge < -0.3 is 4.90 Å². The molecule has 0 N–H and O–H groups in total. The smallest absolute Gasteiger partial charge is 0.370 e. The third-order valence-electron chi connectivity index (χ3n) is 6.50. The molecule has 0 bridgehead atoms. The van der Waals surface area contributed by atoms with Crippen LogP contribution in [0.5, 0.6) is 0 Å². The van der Waals surface area contributed by atoms with E-state index < -0.39 is 23.6 Å². The number of anilines is 1. The van der Waals surface area contributed by atoms with E-state index in [9.17, 15) is 22.0 Å². The Hall–Kier alpha value is -2.23. The molecule has 1 aliphatic heterocycles. The fraction of sp³-hybridized carbons (Fsp3) is 0.455. The molecule has 1 saturated carbocycles. The van der Waals surface area contributed by atoms with Crippen LogP contribution in [-0.2, 0) is 12.6 Å². The van der Waals surface area contributed by atoms with Gasteiger partial charge in [0.15, 0.2) is 5.65 Å². The Labute approximate surface area is 189 Å². The lowest BCUT2D eigenvalue weighted by atomic mass is 9.86. The van der Waals surface area contributed by atoms with Gasteiger partial charge in [0.2, 0.25) is 0 Å². The first kappa shape index (κ1) is 21.6. The SMILES string of the molecule is FC(F)(F)c1ccccc1C1CCN(c2ccn3c(CC4CC4(F)F)nnc3c2Br)CC1. The second kappa shape index (κ2) is 7.67. The Morgan fingerprint density at radius 2 is 1.75 bits per heavy atom. The van der Waals surface area contributed by atoms with Gasteiger partial charge in [-0.1, -0.05) is 18.2 Å². The molecule has 170 valence electrons. The zero-order valence-electron chi connectivity index (χ0n) is 16.9. The molecule has 2 aromatic heterocycles. The summed E-state index contributed by atoms with van der Waals surface area (Å²) in [6.07, 6.45) is -1.34. The Morgan fingerprint density at radius 1 is 1.06 bits per heavy atom. The lowest BCUT2D eigenvalue weighted by Crippen LogP contribution is -2.33. The first-order valence-corrected chi connectivity index (χ1v) is 11.3. The zero-order chi connectivity index (χ0) is 22.7. The molecule has 5 rings (SSSR count). The Bertz CT molecular complexity index is 1150. The van der Waals surface area contributed by atoms with Gasteiger partial charge in [-0.05, 0) is 52.4 Å². The molecule has 1 unspecified atom stereocenters. The summed E-state index contributed by atoms with van der Waals surface area (Å²) < 4.78 is 69.2. The third kappa shape index (κ3) is 3.86. The summed E-state index contributed by atoms with van der Waals surface area (Å²) >= 11 is 3.57. The highest BCUT2D eigenvalue weighted by molar-refractivity contribution is 9.10. The van der Waals surface area contributed by atoms with Crippen LogP contribution >= 0.6 is 15.9 Å². The minimum Gasteiger partial charge on any atom is -0.370 e. The molecule has 0 amide bonds. The number of fused-ring (bicyclic) bond motifs is 1. The van der Waals surface area contributed by atoms with Crippen molar-refractivity contribution in [1.82, 2.24) is 14.6 Å². The highest BCUT2D eigenvalue weighted by Gasteiger charge is 2.56. The monoisotopic (exact) mass is 514 g/mol. The van der Waals surface area contributed by atoms with E-state index >= 15 is 0 Å². The van der Waals surface area contributed by atoms with Gasteiger partial charge >= 0.3 is 6.18 Å². The van der Waals surface area contributed by atoms with Crippen molar-refractivity contribution in [1.29, 1.82) is 0 Å². The molecule has 4 nitrogen and oxygen atoms in total. The van der Waals surface area contributed by atoms with Crippen molar-refractivity contribution < 1.29 is 22.0 Å². The van der Waals surface area contributed by atoms with Gasteiger partial charge in [0.05, 0.1) is 15.7 Å². The second-order valence-electron chi connectivity index (χ2n) is 8.54. The van der Waals surface area contributed by atoms with Crippen molar-refractivity contribution in [2.75, 3.05) is 18.0 Å². The predicted octanol–water partition coefficient (Wildman–Crippen LogP) is 6.09. The van der Waals surface area contributed by atoms with Crippen LogP contribution in [-0.4, -0.2) is 33.6 Å². The van der Waals surface area contributed by atoms with E-state index in [4.69, 9.17) is 0 Å². The van der Waals surface area contributed by atoms with Crippen LogP contribution in [0.15, 0.2) is 41.0 Å². The van der Waals surface area contributed by atoms with Crippen molar-refractivity contribution in [2.24, 2.45) is 5.92 Å². The number of pyridine rings is 1. The standard InChI is InChI=1S/C22H20BrF5N4/c23-19-17(7-10-32-18(29-30-20(19)32)11-14-12-21(14,24)25)31-8-5-13(6-9-31)15-3-1-2-4-16(15)22(26,27)28/h1-4,7,10,13-14H,5-6,8-9,11-12H2. The minimum absolute atomic E-state index is 0.117. The second-order valence-corrected chi connectivity index (χ2v) is 9.33. The maximum atomic E-state index is 13.4. The fourth-order valence-electron chi connectivity index (χ4n) is 4.60. The first-order chi connectivity index (χ1) is 15.1. The number of rotatable bonds is 4. The quantitative estimate of drug-likeness (QED) is 0.395. The van der Waals surface area contributed by atoms with Crippen LogP contribution in [0.2, 0.25) is 0 Å². The summed E-state index contributed by atoms with van der Waals surface area (Å²) in [7, 11) is 0. The molecule has 0 spiro atoms. The molecule has 1 aliphatic carbocycles. The van der Waals surface area contributed by atoms with Gasteiger partial charge in [-0.2, -0.15) is 13.2 Å². The number of halogens is 6. The van der Waals surface area contributed by atoms with Crippen LogP contribution in [0.1, 0.15) is 42.1 Å². The number of aromatic nitrogens is 3. The summed E-state index contributed by atoms with van der Waals surface area (Å²) in [5, 5.41) is 8.27. The van der Waals surface area contributed by atoms with E-state index in [1.807, 2.05) is 6.07 Å². The molecular formula is C22H20BrF5N4. The van der Waals surface area contributed by atoms with Gasteiger partial charge in [-0.3, -0.25) is 4.40 Å². The van der Waals surface area contributed by atoms with Crippen LogP contribution in [0, 0.1) is 5.92 Å². The van der Waals surface area contributed by atoms with Gasteiger partial charge in [-0.15, -0.1) is 10.2 Å². The van der Waals surface area contributed by atoms with E-state index in [2.05, 4.69) is 31.0 Å². The van der Waals surface area contributed by atoms with Crippen LogP contribution in [0.4, 0.5) is 27.6 Å². The molecule has 3 heterocycles. The highest BCUT2D eigenvalue weighted by atomic mass is 79.9. The van der Waals surface area contributed by atoms with Crippen molar-refractivity contribution in [3.8, 4) is 0 Å². The average Bonchev–Trinajstić information content (AvgIpc) is 3.15. The third-order valence-corrected chi connectivity index (χ3v) is 7.26. The van der Waals surface area contributed by atoms with E-state index in [1.165, 1.54) is 6.07 Å². The molecule has 1 saturated heterocycles. The first-order valence-electron chi connectivity index (χ1n) is 10.5. The number of piperidine rings is 1. The van der Waals surface area contributed by atoms with Gasteiger partial charge in [-0.25, -0.2) is 8.78 Å². The zero-order valence-corrected chi connectivity index (χ0v) is 18.5. The maximum absolute atomic E-state index is 13.4. The normalized spacial score (nSPS) is 21.3. The summed E-state index contributed by atoms with van der Waals surface area (Å²) in [4.78, 5) is 2.11. The number of benzene rings is 1. The van der Waals surface area contributed by atoms with E-state index in [0.717, 1.165) is 11.8 Å². The summed E-state index contributed by atoms with van der Waals surface area (Å²) in [6.45, 7) is 1.20. The minimum atomic E-state index is -4.36. The van der Waals surface area contributed by atoms with E-state index in [0.29, 0.717) is 47.4 Å². The summed E-state index contributed by atoms with van der Waals surface area (Å²) in [6, 6.07) is 7.67. The predicted molar refractivity (Wildman–Crippen MR) is 113 cm³/mol. The van der Waals surface area contributed by atoms with Gasteiger partial charge in [0, 0.05) is 38.0 Å². The topological polar surface area (TPSA) is 33.4 Å². The lowest BCUT2D eigenvalue weighted by molar-refractivity contribution is -0.138. The van der Waals surface area contributed by atoms with Crippen molar-refractivity contribution in [2.45, 2.75) is 43.7 Å². The summed E-state index contributed by atoms with van der Waals surface area (Å²) in [5.41, 5.74) is 1.22. The van der Waals surface area contributed by atoms with E-state index in [-0.39, 0.29) is 18.8 Å². The molecule has 2 aliphatic rings. The number of nitrogens with zero attached hydrogens (tertiary/aromatic N) is 4. The Morgan fingerprint density at radius 3 is 2.41 bits per heavy atom.